The van der Waals surface area contributed by atoms with Gasteiger partial charge in [-0.2, -0.15) is 4.39 Å². The predicted molar refractivity (Wildman–Crippen MR) is 95.7 cm³/mol. The molecule has 0 saturated heterocycles. The third kappa shape index (κ3) is 3.68. The molecule has 0 saturated carbocycles. The van der Waals surface area contributed by atoms with Crippen molar-refractivity contribution in [3.8, 4) is 11.3 Å². The molecule has 0 aliphatic carbocycles. The maximum Gasteiger partial charge on any atom is 0.305 e. The monoisotopic (exact) mass is 371 g/mol. The van der Waals surface area contributed by atoms with Crippen LogP contribution in [0.1, 0.15) is 10.4 Å². The summed E-state index contributed by atoms with van der Waals surface area (Å²) < 4.78 is 13.5. The minimum atomic E-state index is -1.10. The van der Waals surface area contributed by atoms with E-state index in [9.17, 15) is 19.3 Å². The van der Waals surface area contributed by atoms with Crippen LogP contribution in [0.4, 0.5) is 15.8 Å². The Bertz CT molecular complexity index is 996. The second kappa shape index (κ2) is 7.28. The minimum absolute atomic E-state index is 0.192. The number of amides is 1. The van der Waals surface area contributed by atoms with E-state index < -0.39 is 22.3 Å². The van der Waals surface area contributed by atoms with Gasteiger partial charge in [0.1, 0.15) is 0 Å². The Labute approximate surface area is 152 Å². The van der Waals surface area contributed by atoms with Crippen LogP contribution in [0.15, 0.2) is 60.8 Å². The number of aromatic nitrogens is 1. The zero-order valence-electron chi connectivity index (χ0n) is 13.1. The summed E-state index contributed by atoms with van der Waals surface area (Å²) in [7, 11) is 0. The summed E-state index contributed by atoms with van der Waals surface area (Å²) in [5.74, 6) is -1.79. The summed E-state index contributed by atoms with van der Waals surface area (Å²) in [6.45, 7) is 0. The molecular weight excluding hydrogens is 361 g/mol. The number of nitrogens with zero attached hydrogens (tertiary/aromatic N) is 2. The summed E-state index contributed by atoms with van der Waals surface area (Å²) in [5, 5.41) is 13.2. The fourth-order valence-corrected chi connectivity index (χ4v) is 2.58. The molecular formula is C18H11ClFN3O3. The number of anilines is 1. The zero-order valence-corrected chi connectivity index (χ0v) is 13.9. The van der Waals surface area contributed by atoms with Gasteiger partial charge in [-0.15, -0.1) is 0 Å². The molecule has 1 aromatic heterocycles. The third-order valence-corrected chi connectivity index (χ3v) is 3.87. The molecule has 0 fully saturated rings. The van der Waals surface area contributed by atoms with Gasteiger partial charge in [-0.05, 0) is 24.3 Å². The number of carbonyl (C=O) groups excluding carboxylic acids is 1. The highest BCUT2D eigenvalue weighted by atomic mass is 35.5. The molecule has 0 unspecified atom stereocenters. The van der Waals surface area contributed by atoms with Crippen LogP contribution in [-0.4, -0.2) is 15.8 Å². The molecule has 0 aliphatic heterocycles. The maximum atomic E-state index is 13.5. The molecule has 0 atom stereocenters. The van der Waals surface area contributed by atoms with Crippen LogP contribution in [0.2, 0.25) is 5.02 Å². The molecule has 0 spiro atoms. The lowest BCUT2D eigenvalue weighted by Crippen LogP contribution is -2.13. The van der Waals surface area contributed by atoms with Crippen LogP contribution in [0, 0.1) is 15.9 Å². The number of nitrogens with one attached hydrogen (secondary N) is 1. The molecule has 0 radical (unpaired) electrons. The lowest BCUT2D eigenvalue weighted by Gasteiger charge is -2.09. The van der Waals surface area contributed by atoms with Crippen LogP contribution in [0.3, 0.4) is 0 Å². The van der Waals surface area contributed by atoms with E-state index in [0.29, 0.717) is 5.69 Å². The normalized spacial score (nSPS) is 10.4. The van der Waals surface area contributed by atoms with Crippen LogP contribution >= 0.6 is 11.6 Å². The summed E-state index contributed by atoms with van der Waals surface area (Å²) >= 11 is 5.86. The van der Waals surface area contributed by atoms with E-state index in [0.717, 1.165) is 23.4 Å². The smallest absolute Gasteiger partial charge is 0.305 e. The van der Waals surface area contributed by atoms with Gasteiger partial charge in [-0.1, -0.05) is 29.8 Å². The highest BCUT2D eigenvalue weighted by molar-refractivity contribution is 6.34. The van der Waals surface area contributed by atoms with Crippen LogP contribution < -0.4 is 5.32 Å². The summed E-state index contributed by atoms with van der Waals surface area (Å²) in [6.07, 6.45) is 1.65. The molecule has 2 aromatic carbocycles. The number of carbonyl (C=O) groups is 1. The van der Waals surface area contributed by atoms with Gasteiger partial charge in [-0.3, -0.25) is 19.9 Å². The highest BCUT2D eigenvalue weighted by Crippen LogP contribution is 2.27. The average molecular weight is 372 g/mol. The Morgan fingerprint density at radius 3 is 2.65 bits per heavy atom. The van der Waals surface area contributed by atoms with Crippen molar-refractivity contribution >= 4 is 28.9 Å². The minimum Gasteiger partial charge on any atom is -0.322 e. The number of nitro groups is 1. The Hall–Kier alpha value is -3.32. The van der Waals surface area contributed by atoms with Gasteiger partial charge >= 0.3 is 5.69 Å². The summed E-state index contributed by atoms with van der Waals surface area (Å²) in [5.41, 5.74) is 0.935. The van der Waals surface area contributed by atoms with Gasteiger partial charge in [0.25, 0.3) is 5.91 Å². The lowest BCUT2D eigenvalue weighted by atomic mass is 10.1. The SMILES string of the molecule is O=C(Nc1cccc(-c2ccccn2)c1)c1cc([N+](=O)[O-])c(F)cc1Cl. The first-order chi connectivity index (χ1) is 12.5. The van der Waals surface area contributed by atoms with Gasteiger partial charge in [0, 0.05) is 29.6 Å². The van der Waals surface area contributed by atoms with Gasteiger partial charge in [0.15, 0.2) is 0 Å². The van der Waals surface area contributed by atoms with E-state index in [2.05, 4.69) is 10.3 Å². The number of pyridine rings is 1. The molecule has 3 rings (SSSR count). The van der Waals surface area contributed by atoms with E-state index in [1.165, 1.54) is 0 Å². The topological polar surface area (TPSA) is 85.1 Å². The Balaban J connectivity index is 1.89. The van der Waals surface area contributed by atoms with Crippen LogP contribution in [0.5, 0.6) is 0 Å². The van der Waals surface area contributed by atoms with Crippen molar-refractivity contribution in [3.05, 3.63) is 87.3 Å². The van der Waals surface area contributed by atoms with Crippen molar-refractivity contribution in [2.45, 2.75) is 0 Å². The van der Waals surface area contributed by atoms with E-state index in [1.807, 2.05) is 18.2 Å². The summed E-state index contributed by atoms with van der Waals surface area (Å²) in [6, 6.07) is 13.9. The third-order valence-electron chi connectivity index (χ3n) is 3.56. The Morgan fingerprint density at radius 1 is 1.15 bits per heavy atom. The van der Waals surface area contributed by atoms with E-state index in [4.69, 9.17) is 11.6 Å². The molecule has 130 valence electrons. The van der Waals surface area contributed by atoms with Gasteiger partial charge in [0.05, 0.1) is 21.2 Å². The molecule has 1 amide bonds. The van der Waals surface area contributed by atoms with E-state index in [-0.39, 0.29) is 10.6 Å². The number of nitro benzene ring substituents is 1. The van der Waals surface area contributed by atoms with Crippen molar-refractivity contribution in [3.63, 3.8) is 0 Å². The Morgan fingerprint density at radius 2 is 1.96 bits per heavy atom. The van der Waals surface area contributed by atoms with E-state index in [1.54, 1.807) is 30.5 Å². The van der Waals surface area contributed by atoms with Crippen molar-refractivity contribution in [2.75, 3.05) is 5.32 Å². The first-order valence-corrected chi connectivity index (χ1v) is 7.80. The molecule has 26 heavy (non-hydrogen) atoms. The molecule has 1 N–H and O–H groups in total. The molecule has 3 aromatic rings. The van der Waals surface area contributed by atoms with Crippen LogP contribution in [0.25, 0.3) is 11.3 Å². The quantitative estimate of drug-likeness (QED) is 0.532. The number of hydrogen-bond acceptors (Lipinski definition) is 4. The fraction of sp³-hybridized carbons (Fsp3) is 0. The first kappa shape index (κ1) is 17.5. The number of rotatable bonds is 4. The Kier molecular flexibility index (Phi) is 4.90. The maximum absolute atomic E-state index is 13.5. The van der Waals surface area contributed by atoms with Crippen molar-refractivity contribution in [1.82, 2.24) is 4.98 Å². The number of benzene rings is 2. The number of hydrogen-bond donors (Lipinski definition) is 1. The van der Waals surface area contributed by atoms with Gasteiger partial charge in [0.2, 0.25) is 5.82 Å². The van der Waals surface area contributed by atoms with Crippen LogP contribution in [-0.2, 0) is 0 Å². The zero-order chi connectivity index (χ0) is 18.7. The summed E-state index contributed by atoms with van der Waals surface area (Å²) in [4.78, 5) is 26.6. The number of halogens is 2. The molecule has 0 bridgehead atoms. The van der Waals surface area contributed by atoms with E-state index >= 15 is 0 Å². The molecule has 1 heterocycles. The lowest BCUT2D eigenvalue weighted by molar-refractivity contribution is -0.387. The molecule has 8 heteroatoms. The highest BCUT2D eigenvalue weighted by Gasteiger charge is 2.21. The van der Waals surface area contributed by atoms with Crippen molar-refractivity contribution in [1.29, 1.82) is 0 Å². The second-order valence-electron chi connectivity index (χ2n) is 5.29. The van der Waals surface area contributed by atoms with Gasteiger partial charge < -0.3 is 5.32 Å². The predicted octanol–water partition coefficient (Wildman–Crippen LogP) is 4.70. The average Bonchev–Trinajstić information content (AvgIpc) is 2.62. The first-order valence-electron chi connectivity index (χ1n) is 7.42. The standard InChI is InChI=1S/C18H11ClFN3O3/c19-14-10-15(20)17(23(25)26)9-13(14)18(24)22-12-5-3-4-11(8-12)16-6-1-2-7-21-16/h1-10H,(H,22,24). The largest absolute Gasteiger partial charge is 0.322 e. The second-order valence-corrected chi connectivity index (χ2v) is 5.70. The van der Waals surface area contributed by atoms with Gasteiger partial charge in [-0.25, -0.2) is 0 Å². The van der Waals surface area contributed by atoms with Crippen molar-refractivity contribution in [2.24, 2.45) is 0 Å². The molecule has 0 aliphatic rings. The van der Waals surface area contributed by atoms with Crippen molar-refractivity contribution < 1.29 is 14.1 Å². The molecule has 6 nitrogen and oxygen atoms in total. The fourth-order valence-electron chi connectivity index (χ4n) is 2.34.